The van der Waals surface area contributed by atoms with E-state index in [2.05, 4.69) is 40.3 Å². The van der Waals surface area contributed by atoms with Crippen molar-refractivity contribution in [2.75, 3.05) is 17.2 Å². The lowest BCUT2D eigenvalue weighted by Crippen LogP contribution is -2.32. The molecule has 0 atom stereocenters. The average molecular weight is 423 g/mol. The molecule has 3 aromatic rings. The second-order valence-electron chi connectivity index (χ2n) is 7.05. The fourth-order valence-electron chi connectivity index (χ4n) is 3.15. The highest BCUT2D eigenvalue weighted by molar-refractivity contribution is 8.00. The van der Waals surface area contributed by atoms with Crippen molar-refractivity contribution in [3.8, 4) is 11.3 Å². The summed E-state index contributed by atoms with van der Waals surface area (Å²) in [6, 6.07) is 12.2. The highest BCUT2D eigenvalue weighted by atomic mass is 32.2. The molecule has 0 saturated carbocycles. The SMILES string of the molecule is C=CCN(C(=O)CSc1c(C)c(C)cc(C)c1C)c1nc(-c2ccccc2)cs1. The van der Waals surface area contributed by atoms with Crippen molar-refractivity contribution >= 4 is 34.1 Å². The maximum absolute atomic E-state index is 13.1. The van der Waals surface area contributed by atoms with Gasteiger partial charge < -0.3 is 0 Å². The lowest BCUT2D eigenvalue weighted by molar-refractivity contribution is -0.116. The van der Waals surface area contributed by atoms with E-state index >= 15 is 0 Å². The van der Waals surface area contributed by atoms with Crippen LogP contribution in [0, 0.1) is 27.7 Å². The van der Waals surface area contributed by atoms with Crippen molar-refractivity contribution in [2.45, 2.75) is 32.6 Å². The lowest BCUT2D eigenvalue weighted by Gasteiger charge is -2.19. The van der Waals surface area contributed by atoms with E-state index in [9.17, 15) is 4.79 Å². The standard InChI is InChI=1S/C24H26N2OS2/c1-6-12-26(24-25-21(14-29-24)20-10-8-7-9-11-20)22(27)15-28-23-18(4)16(2)13-17(3)19(23)5/h6-11,13-14H,1,12,15H2,2-5H3. The van der Waals surface area contributed by atoms with E-state index < -0.39 is 0 Å². The third-order valence-electron chi connectivity index (χ3n) is 5.04. The van der Waals surface area contributed by atoms with Gasteiger partial charge in [0.2, 0.25) is 5.91 Å². The van der Waals surface area contributed by atoms with Crippen LogP contribution in [0.15, 0.2) is 59.3 Å². The number of anilines is 1. The first-order chi connectivity index (χ1) is 13.9. The normalized spacial score (nSPS) is 10.8. The van der Waals surface area contributed by atoms with Crippen molar-refractivity contribution in [3.63, 3.8) is 0 Å². The van der Waals surface area contributed by atoms with Crippen LogP contribution in [-0.2, 0) is 4.79 Å². The summed E-state index contributed by atoms with van der Waals surface area (Å²) >= 11 is 3.10. The van der Waals surface area contributed by atoms with E-state index in [0.29, 0.717) is 17.4 Å². The molecule has 2 aromatic carbocycles. The summed E-state index contributed by atoms with van der Waals surface area (Å²) < 4.78 is 0. The molecule has 0 N–H and O–H groups in total. The van der Waals surface area contributed by atoms with Gasteiger partial charge in [0.15, 0.2) is 5.13 Å². The molecular weight excluding hydrogens is 396 g/mol. The second-order valence-corrected chi connectivity index (χ2v) is 8.87. The highest BCUT2D eigenvalue weighted by Gasteiger charge is 2.20. The third kappa shape index (κ3) is 4.80. The highest BCUT2D eigenvalue weighted by Crippen LogP contribution is 2.32. The molecule has 0 bridgehead atoms. The molecule has 29 heavy (non-hydrogen) atoms. The Balaban J connectivity index is 1.79. The second kappa shape index (κ2) is 9.42. The maximum Gasteiger partial charge on any atom is 0.239 e. The zero-order valence-electron chi connectivity index (χ0n) is 17.4. The summed E-state index contributed by atoms with van der Waals surface area (Å²) in [5.74, 6) is 0.417. The Hall–Kier alpha value is -2.37. The van der Waals surface area contributed by atoms with Crippen LogP contribution in [0.2, 0.25) is 0 Å². The Morgan fingerprint density at radius 1 is 1.14 bits per heavy atom. The number of hydrogen-bond donors (Lipinski definition) is 0. The van der Waals surface area contributed by atoms with Gasteiger partial charge in [0.1, 0.15) is 0 Å². The number of benzene rings is 2. The van der Waals surface area contributed by atoms with Gasteiger partial charge in [0.05, 0.1) is 11.4 Å². The quantitative estimate of drug-likeness (QED) is 0.328. The predicted molar refractivity (Wildman–Crippen MR) is 126 cm³/mol. The van der Waals surface area contributed by atoms with Crippen molar-refractivity contribution < 1.29 is 4.79 Å². The number of nitrogens with zero attached hydrogens (tertiary/aromatic N) is 2. The molecule has 5 heteroatoms. The Morgan fingerprint density at radius 3 is 2.41 bits per heavy atom. The Kier molecular flexibility index (Phi) is 6.93. The summed E-state index contributed by atoms with van der Waals surface area (Å²) in [5.41, 5.74) is 6.97. The molecule has 0 fully saturated rings. The molecular formula is C24H26N2OS2. The number of hydrogen-bond acceptors (Lipinski definition) is 4. The van der Waals surface area contributed by atoms with Crippen LogP contribution in [0.1, 0.15) is 22.3 Å². The maximum atomic E-state index is 13.1. The average Bonchev–Trinajstić information content (AvgIpc) is 3.21. The van der Waals surface area contributed by atoms with E-state index in [4.69, 9.17) is 4.98 Å². The minimum atomic E-state index is 0.0434. The van der Waals surface area contributed by atoms with Gasteiger partial charge in [-0.2, -0.15) is 0 Å². The number of carbonyl (C=O) groups excluding carboxylic acids is 1. The van der Waals surface area contributed by atoms with Crippen LogP contribution >= 0.6 is 23.1 Å². The van der Waals surface area contributed by atoms with Crippen LogP contribution < -0.4 is 4.90 Å². The molecule has 0 spiro atoms. The van der Waals surface area contributed by atoms with Crippen molar-refractivity contribution in [3.05, 3.63) is 76.7 Å². The van der Waals surface area contributed by atoms with Crippen molar-refractivity contribution in [2.24, 2.45) is 0 Å². The number of carbonyl (C=O) groups is 1. The molecule has 0 unspecified atom stereocenters. The van der Waals surface area contributed by atoms with E-state index in [1.54, 1.807) is 22.7 Å². The van der Waals surface area contributed by atoms with E-state index in [1.165, 1.54) is 38.5 Å². The van der Waals surface area contributed by atoms with E-state index in [0.717, 1.165) is 11.3 Å². The Morgan fingerprint density at radius 2 is 1.79 bits per heavy atom. The summed E-state index contributed by atoms with van der Waals surface area (Å²) in [5, 5.41) is 2.71. The number of aryl methyl sites for hydroxylation is 2. The molecule has 0 aliphatic carbocycles. The molecule has 1 aromatic heterocycles. The first kappa shape index (κ1) is 21.3. The smallest absolute Gasteiger partial charge is 0.239 e. The van der Waals surface area contributed by atoms with E-state index in [1.807, 2.05) is 35.7 Å². The van der Waals surface area contributed by atoms with Crippen LogP contribution in [-0.4, -0.2) is 23.2 Å². The zero-order valence-corrected chi connectivity index (χ0v) is 19.0. The first-order valence-corrected chi connectivity index (χ1v) is 11.4. The lowest BCUT2D eigenvalue weighted by atomic mass is 10.0. The third-order valence-corrected chi connectivity index (χ3v) is 7.20. The minimum absolute atomic E-state index is 0.0434. The van der Waals surface area contributed by atoms with E-state index in [-0.39, 0.29) is 5.91 Å². The van der Waals surface area contributed by atoms with Crippen LogP contribution in [0.4, 0.5) is 5.13 Å². The summed E-state index contributed by atoms with van der Waals surface area (Å²) in [6.45, 7) is 12.8. The fraction of sp³-hybridized carbons (Fsp3) is 0.250. The van der Waals surface area contributed by atoms with Gasteiger partial charge in [0, 0.05) is 22.4 Å². The largest absolute Gasteiger partial charge is 0.284 e. The summed E-state index contributed by atoms with van der Waals surface area (Å²) in [6.07, 6.45) is 1.75. The number of thiazole rings is 1. The van der Waals surface area contributed by atoms with Gasteiger partial charge in [0.25, 0.3) is 0 Å². The zero-order chi connectivity index (χ0) is 21.0. The van der Waals surface area contributed by atoms with Gasteiger partial charge in [-0.15, -0.1) is 29.7 Å². The van der Waals surface area contributed by atoms with Crippen molar-refractivity contribution in [1.82, 2.24) is 4.98 Å². The van der Waals surface area contributed by atoms with Gasteiger partial charge in [-0.25, -0.2) is 4.98 Å². The molecule has 3 nitrogen and oxygen atoms in total. The first-order valence-electron chi connectivity index (χ1n) is 9.54. The minimum Gasteiger partial charge on any atom is -0.284 e. The predicted octanol–water partition coefficient (Wildman–Crippen LogP) is 6.36. The number of aromatic nitrogens is 1. The topological polar surface area (TPSA) is 33.2 Å². The molecule has 150 valence electrons. The van der Waals surface area contributed by atoms with Gasteiger partial charge >= 0.3 is 0 Å². The number of rotatable bonds is 7. The number of thioether (sulfide) groups is 1. The molecule has 3 rings (SSSR count). The van der Waals surface area contributed by atoms with Gasteiger partial charge in [-0.05, 0) is 49.9 Å². The molecule has 1 heterocycles. The fourth-order valence-corrected chi connectivity index (χ4v) is 5.19. The van der Waals surface area contributed by atoms with Crippen LogP contribution in [0.3, 0.4) is 0 Å². The molecule has 0 saturated heterocycles. The summed E-state index contributed by atoms with van der Waals surface area (Å²) in [4.78, 5) is 20.7. The van der Waals surface area contributed by atoms with Crippen molar-refractivity contribution in [1.29, 1.82) is 0 Å². The summed E-state index contributed by atoms with van der Waals surface area (Å²) in [7, 11) is 0. The van der Waals surface area contributed by atoms with Crippen LogP contribution in [0.5, 0.6) is 0 Å². The molecule has 0 aliphatic rings. The molecule has 1 amide bonds. The van der Waals surface area contributed by atoms with Gasteiger partial charge in [-0.1, -0.05) is 42.5 Å². The Labute approximate surface area is 181 Å². The molecule has 0 aliphatic heterocycles. The Bertz CT molecular complexity index is 999. The van der Waals surface area contributed by atoms with Crippen LogP contribution in [0.25, 0.3) is 11.3 Å². The number of amides is 1. The van der Waals surface area contributed by atoms with Gasteiger partial charge in [-0.3, -0.25) is 9.69 Å². The monoisotopic (exact) mass is 422 g/mol. The molecule has 0 radical (unpaired) electrons.